The monoisotopic (exact) mass is 239 g/mol. The molecule has 0 spiro atoms. The molecule has 1 aliphatic rings. The number of hydrogen-bond donors (Lipinski definition) is 0. The van der Waals surface area contributed by atoms with E-state index in [1.807, 2.05) is 6.92 Å². The normalized spacial score (nSPS) is 19.3. The van der Waals surface area contributed by atoms with Crippen molar-refractivity contribution in [3.63, 3.8) is 0 Å². The lowest BCUT2D eigenvalue weighted by Crippen LogP contribution is -2.43. The molecule has 0 aliphatic carbocycles. The highest BCUT2D eigenvalue weighted by Crippen LogP contribution is 2.18. The first-order valence-corrected chi connectivity index (χ1v) is 5.41. The Morgan fingerprint density at radius 2 is 2.35 bits per heavy atom. The standard InChI is InChI=1S/C12H17NO4/c1-4-7-17-12(15)13-8-10(11(14)16-3)6-5-9(13)2/h4,6,9H,1,5,7-8H2,2-3H3. The van der Waals surface area contributed by atoms with Crippen molar-refractivity contribution in [2.24, 2.45) is 0 Å². The van der Waals surface area contributed by atoms with Gasteiger partial charge in [0.15, 0.2) is 0 Å². The molecule has 1 rings (SSSR count). The first-order valence-electron chi connectivity index (χ1n) is 5.41. The molecule has 1 unspecified atom stereocenters. The van der Waals surface area contributed by atoms with Gasteiger partial charge in [-0.2, -0.15) is 0 Å². The summed E-state index contributed by atoms with van der Waals surface area (Å²) in [6, 6.07) is 0.0146. The van der Waals surface area contributed by atoms with Crippen molar-refractivity contribution < 1.29 is 19.1 Å². The molecule has 1 amide bonds. The van der Waals surface area contributed by atoms with Crippen LogP contribution in [0.3, 0.4) is 0 Å². The first-order chi connectivity index (χ1) is 8.10. The minimum atomic E-state index is -0.438. The third-order valence-electron chi connectivity index (χ3n) is 2.58. The molecule has 0 aromatic heterocycles. The van der Waals surface area contributed by atoms with Crippen LogP contribution in [0.4, 0.5) is 4.79 Å². The zero-order valence-corrected chi connectivity index (χ0v) is 10.1. The number of amides is 1. The first kappa shape index (κ1) is 13.3. The molecule has 5 heteroatoms. The Labute approximate surface area is 101 Å². The van der Waals surface area contributed by atoms with Gasteiger partial charge in [-0.3, -0.25) is 0 Å². The van der Waals surface area contributed by atoms with E-state index in [0.717, 1.165) is 0 Å². The topological polar surface area (TPSA) is 55.8 Å². The van der Waals surface area contributed by atoms with Gasteiger partial charge in [0.2, 0.25) is 0 Å². The molecule has 0 aromatic rings. The number of rotatable bonds is 3. The zero-order valence-electron chi connectivity index (χ0n) is 10.1. The molecule has 1 aliphatic heterocycles. The molecule has 0 saturated carbocycles. The Kier molecular flexibility index (Phi) is 4.75. The van der Waals surface area contributed by atoms with Gasteiger partial charge in [0.05, 0.1) is 19.2 Å². The summed E-state index contributed by atoms with van der Waals surface area (Å²) in [5.74, 6) is -0.404. The van der Waals surface area contributed by atoms with E-state index in [9.17, 15) is 9.59 Å². The summed E-state index contributed by atoms with van der Waals surface area (Å²) in [5, 5.41) is 0. The molecule has 0 radical (unpaired) electrons. The molecule has 0 bridgehead atoms. The number of nitrogens with zero attached hydrogens (tertiary/aromatic N) is 1. The fourth-order valence-electron chi connectivity index (χ4n) is 1.58. The lowest BCUT2D eigenvalue weighted by atomic mass is 10.0. The quantitative estimate of drug-likeness (QED) is 0.553. The fourth-order valence-corrected chi connectivity index (χ4v) is 1.58. The summed E-state index contributed by atoms with van der Waals surface area (Å²) in [4.78, 5) is 24.6. The van der Waals surface area contributed by atoms with Crippen LogP contribution < -0.4 is 0 Å². The Hall–Kier alpha value is -1.78. The number of ether oxygens (including phenoxy) is 2. The van der Waals surface area contributed by atoms with Gasteiger partial charge in [-0.15, -0.1) is 0 Å². The number of methoxy groups -OCH3 is 1. The highest BCUT2D eigenvalue weighted by atomic mass is 16.6. The van der Waals surface area contributed by atoms with Gasteiger partial charge >= 0.3 is 12.1 Å². The Morgan fingerprint density at radius 1 is 1.65 bits per heavy atom. The van der Waals surface area contributed by atoms with Crippen molar-refractivity contribution in [2.75, 3.05) is 20.3 Å². The number of esters is 1. The summed E-state index contributed by atoms with van der Waals surface area (Å²) >= 11 is 0. The molecule has 94 valence electrons. The van der Waals surface area contributed by atoms with Crippen LogP contribution in [0.5, 0.6) is 0 Å². The van der Waals surface area contributed by atoms with Gasteiger partial charge in [0, 0.05) is 6.04 Å². The third-order valence-corrected chi connectivity index (χ3v) is 2.58. The third kappa shape index (κ3) is 3.34. The summed E-state index contributed by atoms with van der Waals surface area (Å²) in [5.41, 5.74) is 0.487. The average molecular weight is 239 g/mol. The second-order valence-electron chi connectivity index (χ2n) is 3.80. The predicted molar refractivity (Wildman–Crippen MR) is 62.4 cm³/mol. The maximum absolute atomic E-state index is 11.7. The van der Waals surface area contributed by atoms with E-state index < -0.39 is 12.1 Å². The van der Waals surface area contributed by atoms with Crippen LogP contribution >= 0.6 is 0 Å². The highest BCUT2D eigenvalue weighted by molar-refractivity contribution is 5.89. The number of hydrogen-bond acceptors (Lipinski definition) is 4. The Bertz CT molecular complexity index is 348. The SMILES string of the molecule is C=CCOC(=O)N1CC(C(=O)OC)=CCC1C. The van der Waals surface area contributed by atoms with Crippen LogP contribution in [-0.4, -0.2) is 43.3 Å². The largest absolute Gasteiger partial charge is 0.466 e. The van der Waals surface area contributed by atoms with Crippen LogP contribution in [0.2, 0.25) is 0 Å². The van der Waals surface area contributed by atoms with E-state index in [1.165, 1.54) is 18.1 Å². The van der Waals surface area contributed by atoms with E-state index in [0.29, 0.717) is 12.0 Å². The molecule has 0 fully saturated rings. The highest BCUT2D eigenvalue weighted by Gasteiger charge is 2.28. The second kappa shape index (κ2) is 6.08. The summed E-state index contributed by atoms with van der Waals surface area (Å²) in [6.07, 6.45) is 3.48. The van der Waals surface area contributed by atoms with Gasteiger partial charge in [0.25, 0.3) is 0 Å². The maximum Gasteiger partial charge on any atom is 0.410 e. The van der Waals surface area contributed by atoms with E-state index in [2.05, 4.69) is 11.3 Å². The van der Waals surface area contributed by atoms with Gasteiger partial charge in [-0.25, -0.2) is 9.59 Å². The van der Waals surface area contributed by atoms with Crippen LogP contribution in [0.25, 0.3) is 0 Å². The molecular weight excluding hydrogens is 222 g/mol. The van der Waals surface area contributed by atoms with Crippen LogP contribution in [0.15, 0.2) is 24.3 Å². The molecule has 0 aromatic carbocycles. The second-order valence-corrected chi connectivity index (χ2v) is 3.80. The molecule has 17 heavy (non-hydrogen) atoms. The lowest BCUT2D eigenvalue weighted by Gasteiger charge is -2.31. The molecule has 1 heterocycles. The Morgan fingerprint density at radius 3 is 2.94 bits per heavy atom. The van der Waals surface area contributed by atoms with Gasteiger partial charge in [-0.1, -0.05) is 18.7 Å². The fraction of sp³-hybridized carbons (Fsp3) is 0.500. The minimum Gasteiger partial charge on any atom is -0.466 e. The Balaban J connectivity index is 2.67. The van der Waals surface area contributed by atoms with Crippen molar-refractivity contribution in [3.8, 4) is 0 Å². The van der Waals surface area contributed by atoms with Crippen molar-refractivity contribution in [3.05, 3.63) is 24.3 Å². The predicted octanol–water partition coefficient (Wildman–Crippen LogP) is 1.50. The number of carbonyl (C=O) groups excluding carboxylic acids is 2. The molecular formula is C12H17NO4. The van der Waals surface area contributed by atoms with Crippen molar-refractivity contribution >= 4 is 12.1 Å². The van der Waals surface area contributed by atoms with Gasteiger partial charge < -0.3 is 14.4 Å². The maximum atomic E-state index is 11.7. The van der Waals surface area contributed by atoms with Gasteiger partial charge in [-0.05, 0) is 13.3 Å². The van der Waals surface area contributed by atoms with Crippen LogP contribution in [0, 0.1) is 0 Å². The summed E-state index contributed by atoms with van der Waals surface area (Å²) in [7, 11) is 1.32. The van der Waals surface area contributed by atoms with Crippen molar-refractivity contribution in [1.82, 2.24) is 4.90 Å². The lowest BCUT2D eigenvalue weighted by molar-refractivity contribution is -0.136. The average Bonchev–Trinajstić information content (AvgIpc) is 2.35. The van der Waals surface area contributed by atoms with Crippen LogP contribution in [0.1, 0.15) is 13.3 Å². The molecule has 0 N–H and O–H groups in total. The summed E-state index contributed by atoms with van der Waals surface area (Å²) in [6.45, 7) is 5.77. The zero-order chi connectivity index (χ0) is 12.8. The van der Waals surface area contributed by atoms with E-state index >= 15 is 0 Å². The molecule has 0 saturated heterocycles. The van der Waals surface area contributed by atoms with E-state index in [-0.39, 0.29) is 19.2 Å². The van der Waals surface area contributed by atoms with Crippen molar-refractivity contribution in [1.29, 1.82) is 0 Å². The van der Waals surface area contributed by atoms with Crippen molar-refractivity contribution in [2.45, 2.75) is 19.4 Å². The van der Waals surface area contributed by atoms with Crippen LogP contribution in [-0.2, 0) is 14.3 Å². The van der Waals surface area contributed by atoms with E-state index in [4.69, 9.17) is 4.74 Å². The number of carbonyl (C=O) groups is 2. The summed E-state index contributed by atoms with van der Waals surface area (Å²) < 4.78 is 9.58. The minimum absolute atomic E-state index is 0.0146. The smallest absolute Gasteiger partial charge is 0.410 e. The molecule has 5 nitrogen and oxygen atoms in total. The van der Waals surface area contributed by atoms with E-state index in [1.54, 1.807) is 6.08 Å². The van der Waals surface area contributed by atoms with Gasteiger partial charge in [0.1, 0.15) is 6.61 Å². The molecule has 1 atom stereocenters.